The van der Waals surface area contributed by atoms with Gasteiger partial charge in [0.15, 0.2) is 0 Å². The maximum absolute atomic E-state index is 12.1. The number of hydrogen-bond acceptors (Lipinski definition) is 3. The van der Waals surface area contributed by atoms with Gasteiger partial charge in [-0.05, 0) is 37.8 Å². The van der Waals surface area contributed by atoms with Gasteiger partial charge >= 0.3 is 0 Å². The van der Waals surface area contributed by atoms with Crippen molar-refractivity contribution in [3.05, 3.63) is 36.4 Å². The molecule has 2 aromatic rings. The van der Waals surface area contributed by atoms with E-state index in [1.165, 1.54) is 23.9 Å². The van der Waals surface area contributed by atoms with Crippen LogP contribution in [0.25, 0.3) is 11.0 Å². The average molecular weight is 285 g/mol. The highest BCUT2D eigenvalue weighted by Crippen LogP contribution is 2.11. The van der Waals surface area contributed by atoms with Gasteiger partial charge in [0.1, 0.15) is 5.52 Å². The molecular weight excluding hydrogens is 262 g/mol. The number of hydrogen-bond donors (Lipinski definition) is 0. The van der Waals surface area contributed by atoms with E-state index in [4.69, 9.17) is 0 Å². The third-order valence-electron chi connectivity index (χ3n) is 3.49. The summed E-state index contributed by atoms with van der Waals surface area (Å²) >= 11 is 0. The molecule has 4 nitrogen and oxygen atoms in total. The fraction of sp³-hybridized carbons (Fsp3) is 0.471. The van der Waals surface area contributed by atoms with E-state index in [0.29, 0.717) is 6.42 Å². The number of allylic oxidation sites excluding steroid dienone is 2. The van der Waals surface area contributed by atoms with Crippen LogP contribution in [-0.2, 0) is 0 Å². The Balaban J connectivity index is 1.75. The van der Waals surface area contributed by atoms with Gasteiger partial charge in [0.05, 0.1) is 5.52 Å². The molecule has 0 atom stereocenters. The van der Waals surface area contributed by atoms with Crippen LogP contribution < -0.4 is 0 Å². The maximum Gasteiger partial charge on any atom is 0.248 e. The van der Waals surface area contributed by atoms with Crippen molar-refractivity contribution in [3.63, 3.8) is 0 Å². The van der Waals surface area contributed by atoms with Gasteiger partial charge in [-0.1, -0.05) is 49.3 Å². The molecule has 0 radical (unpaired) electrons. The van der Waals surface area contributed by atoms with Gasteiger partial charge in [0.2, 0.25) is 5.91 Å². The van der Waals surface area contributed by atoms with Gasteiger partial charge in [-0.3, -0.25) is 4.79 Å². The summed E-state index contributed by atoms with van der Waals surface area (Å²) in [5.41, 5.74) is 1.55. The number of para-hydroxylation sites is 1. The summed E-state index contributed by atoms with van der Waals surface area (Å²) in [7, 11) is 0. The summed E-state index contributed by atoms with van der Waals surface area (Å²) in [5.74, 6) is 0.0167. The molecule has 0 bridgehead atoms. The molecule has 112 valence electrons. The predicted molar refractivity (Wildman–Crippen MR) is 85.3 cm³/mol. The molecule has 0 aliphatic carbocycles. The van der Waals surface area contributed by atoms with Gasteiger partial charge in [-0.15, -0.1) is 5.10 Å². The Kier molecular flexibility index (Phi) is 6.13. The lowest BCUT2D eigenvalue weighted by Gasteiger charge is -1.99. The first-order valence-electron chi connectivity index (χ1n) is 7.81. The molecule has 0 spiro atoms. The van der Waals surface area contributed by atoms with Crippen LogP contribution in [0.1, 0.15) is 56.7 Å². The Hall–Kier alpha value is -1.97. The van der Waals surface area contributed by atoms with Crippen LogP contribution in [0, 0.1) is 0 Å². The van der Waals surface area contributed by atoms with Crippen molar-refractivity contribution in [1.82, 2.24) is 15.0 Å². The summed E-state index contributed by atoms with van der Waals surface area (Å²) in [4.78, 5) is 12.1. The highest BCUT2D eigenvalue weighted by Gasteiger charge is 2.10. The molecule has 2 rings (SSSR count). The van der Waals surface area contributed by atoms with E-state index in [9.17, 15) is 4.79 Å². The number of aromatic nitrogens is 3. The van der Waals surface area contributed by atoms with Crippen LogP contribution in [0.5, 0.6) is 0 Å². The van der Waals surface area contributed by atoms with Crippen molar-refractivity contribution in [2.45, 2.75) is 51.9 Å². The Morgan fingerprint density at radius 3 is 2.71 bits per heavy atom. The summed E-state index contributed by atoms with van der Waals surface area (Å²) in [6.07, 6.45) is 11.7. The van der Waals surface area contributed by atoms with Crippen LogP contribution >= 0.6 is 0 Å². The molecule has 1 heterocycles. The molecule has 0 aliphatic rings. The lowest BCUT2D eigenvalue weighted by Crippen LogP contribution is -2.11. The second-order valence-electron chi connectivity index (χ2n) is 5.24. The highest BCUT2D eigenvalue weighted by atomic mass is 16.2. The predicted octanol–water partition coefficient (Wildman–Crippen LogP) is 4.38. The molecular formula is C17H23N3O. The SMILES string of the molecule is CCCCC/C=C/CCCC(=O)n1nnc2ccccc21. The molecule has 1 aromatic carbocycles. The molecule has 1 aromatic heterocycles. The Bertz CT molecular complexity index is 601. The topological polar surface area (TPSA) is 47.8 Å². The van der Waals surface area contributed by atoms with Crippen LogP contribution in [0.3, 0.4) is 0 Å². The van der Waals surface area contributed by atoms with E-state index in [-0.39, 0.29) is 5.91 Å². The first kappa shape index (κ1) is 15.4. The molecule has 0 unspecified atom stereocenters. The molecule has 4 heteroatoms. The zero-order chi connectivity index (χ0) is 14.9. The zero-order valence-corrected chi connectivity index (χ0v) is 12.7. The normalized spacial score (nSPS) is 11.5. The number of unbranched alkanes of at least 4 members (excludes halogenated alkanes) is 4. The van der Waals surface area contributed by atoms with Crippen LogP contribution in [0.15, 0.2) is 36.4 Å². The molecule has 0 fully saturated rings. The molecule has 0 saturated carbocycles. The maximum atomic E-state index is 12.1. The minimum atomic E-state index is 0.0167. The standard InChI is InChI=1S/C17H23N3O/c1-2-3-4-5-6-7-8-9-14-17(21)20-16-13-11-10-12-15(16)18-19-20/h6-7,10-13H,2-5,8-9,14H2,1H3/b7-6+. The van der Waals surface area contributed by atoms with Crippen molar-refractivity contribution in [3.8, 4) is 0 Å². The van der Waals surface area contributed by atoms with Crippen molar-refractivity contribution in [1.29, 1.82) is 0 Å². The zero-order valence-electron chi connectivity index (χ0n) is 12.7. The van der Waals surface area contributed by atoms with Crippen molar-refractivity contribution in [2.24, 2.45) is 0 Å². The van der Waals surface area contributed by atoms with Crippen molar-refractivity contribution >= 4 is 16.9 Å². The van der Waals surface area contributed by atoms with Gasteiger partial charge in [0, 0.05) is 6.42 Å². The molecule has 0 N–H and O–H groups in total. The molecule has 21 heavy (non-hydrogen) atoms. The highest BCUT2D eigenvalue weighted by molar-refractivity contribution is 5.88. The smallest absolute Gasteiger partial charge is 0.248 e. The number of benzene rings is 1. The second kappa shape index (κ2) is 8.35. The van der Waals surface area contributed by atoms with Gasteiger partial charge in [-0.25, -0.2) is 0 Å². The lowest BCUT2D eigenvalue weighted by molar-refractivity contribution is 0.0887. The Morgan fingerprint density at radius 1 is 1.14 bits per heavy atom. The van der Waals surface area contributed by atoms with E-state index in [0.717, 1.165) is 30.3 Å². The molecule has 0 amide bonds. The van der Waals surface area contributed by atoms with Gasteiger partial charge in [0.25, 0.3) is 0 Å². The van der Waals surface area contributed by atoms with Gasteiger partial charge < -0.3 is 0 Å². The Morgan fingerprint density at radius 2 is 1.90 bits per heavy atom. The van der Waals surface area contributed by atoms with E-state index in [2.05, 4.69) is 29.4 Å². The number of carbonyl (C=O) groups excluding carboxylic acids is 1. The minimum Gasteiger partial charge on any atom is -0.273 e. The van der Waals surface area contributed by atoms with Crippen molar-refractivity contribution < 1.29 is 4.79 Å². The summed E-state index contributed by atoms with van der Waals surface area (Å²) in [5, 5.41) is 7.95. The van der Waals surface area contributed by atoms with Crippen LogP contribution in [0.4, 0.5) is 0 Å². The number of fused-ring (bicyclic) bond motifs is 1. The third-order valence-corrected chi connectivity index (χ3v) is 3.49. The van der Waals surface area contributed by atoms with Gasteiger partial charge in [-0.2, -0.15) is 4.68 Å². The fourth-order valence-electron chi connectivity index (χ4n) is 2.28. The second-order valence-corrected chi connectivity index (χ2v) is 5.24. The largest absolute Gasteiger partial charge is 0.273 e. The monoisotopic (exact) mass is 285 g/mol. The van der Waals surface area contributed by atoms with Crippen molar-refractivity contribution in [2.75, 3.05) is 0 Å². The number of nitrogens with zero attached hydrogens (tertiary/aromatic N) is 3. The summed E-state index contributed by atoms with van der Waals surface area (Å²) in [6.45, 7) is 2.21. The first-order chi connectivity index (χ1) is 10.3. The van der Waals surface area contributed by atoms with E-state index in [1.807, 2.05) is 24.3 Å². The lowest BCUT2D eigenvalue weighted by atomic mass is 10.1. The number of carbonyl (C=O) groups is 1. The fourth-order valence-corrected chi connectivity index (χ4v) is 2.28. The van der Waals surface area contributed by atoms with Crippen LogP contribution in [-0.4, -0.2) is 20.9 Å². The number of rotatable bonds is 8. The molecule has 0 saturated heterocycles. The molecule has 0 aliphatic heterocycles. The summed E-state index contributed by atoms with van der Waals surface area (Å²) < 4.78 is 1.42. The third kappa shape index (κ3) is 4.52. The van der Waals surface area contributed by atoms with E-state index in [1.54, 1.807) is 0 Å². The Labute approximate surface area is 125 Å². The van der Waals surface area contributed by atoms with E-state index < -0.39 is 0 Å². The quantitative estimate of drug-likeness (QED) is 0.534. The first-order valence-corrected chi connectivity index (χ1v) is 7.81. The summed E-state index contributed by atoms with van der Waals surface area (Å²) in [6, 6.07) is 7.54. The van der Waals surface area contributed by atoms with Crippen LogP contribution in [0.2, 0.25) is 0 Å². The van der Waals surface area contributed by atoms with E-state index >= 15 is 0 Å². The minimum absolute atomic E-state index is 0.0167. The average Bonchev–Trinajstić information content (AvgIpc) is 2.94.